The van der Waals surface area contributed by atoms with Gasteiger partial charge in [-0.05, 0) is 103 Å². The molecular weight excluding hydrogens is 1030 g/mol. The van der Waals surface area contributed by atoms with Gasteiger partial charge in [0.2, 0.25) is 5.69 Å². The van der Waals surface area contributed by atoms with Gasteiger partial charge in [0.1, 0.15) is 6.54 Å². The first-order valence-corrected chi connectivity index (χ1v) is 30.1. The van der Waals surface area contributed by atoms with Crippen LogP contribution in [0.5, 0.6) is 0 Å². The molecule has 0 aliphatic carbocycles. The number of aliphatic carboxylic acids is 1. The molecule has 5 aromatic carbocycles. The van der Waals surface area contributed by atoms with Crippen LogP contribution in [0.15, 0.2) is 127 Å². The number of carbonyl (C=O) groups excluding carboxylic acids is 1. The van der Waals surface area contributed by atoms with Crippen molar-refractivity contribution in [1.82, 2.24) is 5.32 Å². The van der Waals surface area contributed by atoms with Gasteiger partial charge in [0.05, 0.1) is 32.8 Å². The predicted molar refractivity (Wildman–Crippen MR) is 300 cm³/mol. The van der Waals surface area contributed by atoms with Crippen LogP contribution < -0.4 is 20.4 Å². The Morgan fingerprint density at radius 2 is 1.37 bits per heavy atom. The van der Waals surface area contributed by atoms with Gasteiger partial charge in [0.15, 0.2) is 5.71 Å². The maximum absolute atomic E-state index is 13.8. The summed E-state index contributed by atoms with van der Waals surface area (Å²) >= 11 is 0. The molecule has 5 N–H and O–H groups in total. The molecule has 5 aromatic rings. The minimum Gasteiger partial charge on any atom is -0.748 e. The normalized spacial score (nSPS) is 15.8. The number of allylic oxidation sites excluding steroid dienone is 6. The van der Waals surface area contributed by atoms with E-state index < -0.39 is 78.0 Å². The molecule has 7 rings (SSSR count). The van der Waals surface area contributed by atoms with Gasteiger partial charge in [-0.15, -0.1) is 0 Å². The zero-order valence-electron chi connectivity index (χ0n) is 43.2. The third-order valence-corrected chi connectivity index (χ3v) is 16.2. The Kier molecular flexibility index (Phi) is 18.0. The molecule has 20 heteroatoms. The number of unbranched alkanes of at least 4 members (excludes halogenated alkanes) is 3. The van der Waals surface area contributed by atoms with Gasteiger partial charge in [-0.25, -0.2) is 8.42 Å². The second kappa shape index (κ2) is 23.9. The monoisotopic (exact) mass is 1100 g/mol. The summed E-state index contributed by atoms with van der Waals surface area (Å²) in [6.45, 7) is 9.40. The van der Waals surface area contributed by atoms with E-state index in [-0.39, 0.29) is 41.9 Å². The molecule has 2 aliphatic heterocycles. The Morgan fingerprint density at radius 1 is 0.711 bits per heavy atom. The molecular formula is C56H67N5O12S3. The molecule has 0 aromatic heterocycles. The number of fused-ring (bicyclic) bond motifs is 6. The fourth-order valence-electron chi connectivity index (χ4n) is 10.5. The molecule has 0 spiro atoms. The lowest BCUT2D eigenvalue weighted by Gasteiger charge is -2.27. The van der Waals surface area contributed by atoms with Crippen molar-refractivity contribution in [3.8, 4) is 0 Å². The molecule has 0 atom stereocenters. The quantitative estimate of drug-likeness (QED) is 0.0150. The molecule has 2 heterocycles. The molecule has 76 heavy (non-hydrogen) atoms. The summed E-state index contributed by atoms with van der Waals surface area (Å²) in [6.07, 6.45) is 14.2. The van der Waals surface area contributed by atoms with Crippen molar-refractivity contribution in [1.29, 1.82) is 0 Å². The third-order valence-electron chi connectivity index (χ3n) is 14.1. The molecule has 0 saturated carbocycles. The summed E-state index contributed by atoms with van der Waals surface area (Å²) in [6, 6.07) is 29.6. The maximum Gasteiger partial charge on any atom is 0.303 e. The third kappa shape index (κ3) is 14.3. The number of hydrogen-bond donors (Lipinski definition) is 5. The molecule has 0 fully saturated rings. The Morgan fingerprint density at radius 3 is 2.04 bits per heavy atom. The molecule has 0 radical (unpaired) electrons. The van der Waals surface area contributed by atoms with Gasteiger partial charge in [0, 0.05) is 97.0 Å². The van der Waals surface area contributed by atoms with Crippen LogP contribution in [0, 0.1) is 0 Å². The Bertz CT molecular complexity index is 3440. The van der Waals surface area contributed by atoms with Gasteiger partial charge < -0.3 is 30.1 Å². The molecule has 406 valence electrons. The van der Waals surface area contributed by atoms with Crippen LogP contribution >= 0.6 is 0 Å². The maximum atomic E-state index is 13.8. The van der Waals surface area contributed by atoms with E-state index in [0.717, 1.165) is 47.3 Å². The van der Waals surface area contributed by atoms with E-state index in [2.05, 4.69) is 139 Å². The van der Waals surface area contributed by atoms with Crippen LogP contribution in [0.2, 0.25) is 0 Å². The van der Waals surface area contributed by atoms with Crippen LogP contribution in [0.3, 0.4) is 0 Å². The zero-order chi connectivity index (χ0) is 55.1. The van der Waals surface area contributed by atoms with Crippen LogP contribution in [-0.2, 0) is 46.0 Å². The predicted octanol–water partition coefficient (Wildman–Crippen LogP) is 8.56. The first-order valence-electron chi connectivity index (χ1n) is 25.3. The number of nitrogens with zero attached hydrogens (tertiary/aromatic N) is 3. The van der Waals surface area contributed by atoms with Crippen molar-refractivity contribution in [3.05, 3.63) is 144 Å². The lowest BCUT2D eigenvalue weighted by molar-refractivity contribution is -0.438. The number of amides is 1. The average molecular weight is 1100 g/mol. The molecule has 17 nitrogen and oxygen atoms in total. The lowest BCUT2D eigenvalue weighted by Crippen LogP contribution is -2.34. The van der Waals surface area contributed by atoms with Crippen LogP contribution in [0.1, 0.15) is 87.7 Å². The number of carbonyl (C=O) groups is 2. The topological polar surface area (TPSA) is 254 Å². The second-order valence-electron chi connectivity index (χ2n) is 20.3. The minimum absolute atomic E-state index is 0.0514. The van der Waals surface area contributed by atoms with E-state index in [4.69, 9.17) is 0 Å². The summed E-state index contributed by atoms with van der Waals surface area (Å²) < 4.78 is 102. The first-order chi connectivity index (χ1) is 35.8. The summed E-state index contributed by atoms with van der Waals surface area (Å²) in [5.74, 6) is -3.73. The molecule has 0 unspecified atom stereocenters. The highest BCUT2D eigenvalue weighted by atomic mass is 32.2. The van der Waals surface area contributed by atoms with Crippen molar-refractivity contribution in [2.75, 3.05) is 71.6 Å². The van der Waals surface area contributed by atoms with E-state index >= 15 is 0 Å². The molecule has 0 saturated heterocycles. The number of hydrogen-bond acceptors (Lipinski definition) is 12. The van der Waals surface area contributed by atoms with Gasteiger partial charge in [-0.3, -0.25) is 18.7 Å². The Balaban J connectivity index is 1.10. The Labute approximate surface area is 446 Å². The van der Waals surface area contributed by atoms with Crippen LogP contribution in [0.4, 0.5) is 22.7 Å². The molecule has 1 amide bonds. The summed E-state index contributed by atoms with van der Waals surface area (Å²) in [7, 11) is -13.7. The standard InChI is InChI=1S/C56H67N5O12S3/c1-55(2)49(60(30-15-6-9-23-51(62)63)47-26-24-40-17-10-12-19-45(40)52(47)55)21-7-5-8-22-50-56(3,4)53-46-20-13-11-18-41(46)25-27-48(53)61(50)31-16-14-28-58-54(64)42-37-43(57-29-34-74(65,66)67)39-44(38-42)59(32-35-75(68,69)70)33-36-76(71,72)73/h5,7-8,10-13,17-22,24-27,37-39,57H,6,9,14-16,23,28-36H2,1-4H3,(H4-,58,62,63,64,65,66,67,68,69,70,71,72,73). The van der Waals surface area contributed by atoms with Crippen molar-refractivity contribution >= 4 is 92.2 Å². The second-order valence-corrected chi connectivity index (χ2v) is 24.9. The number of nitrogens with one attached hydrogen (secondary N) is 2. The summed E-state index contributed by atoms with van der Waals surface area (Å²) in [5.41, 5.74) is 6.63. The fraction of sp³-hybridized carbons (Fsp3) is 0.375. The van der Waals surface area contributed by atoms with Crippen LogP contribution in [-0.4, -0.2) is 123 Å². The van der Waals surface area contributed by atoms with E-state index in [1.54, 1.807) is 0 Å². The number of carboxylic acid groups (broad SMARTS) is 1. The van der Waals surface area contributed by atoms with Gasteiger partial charge >= 0.3 is 5.97 Å². The van der Waals surface area contributed by atoms with E-state index in [1.165, 1.54) is 50.7 Å². The van der Waals surface area contributed by atoms with E-state index in [0.29, 0.717) is 25.8 Å². The number of anilines is 3. The summed E-state index contributed by atoms with van der Waals surface area (Å²) in [5, 5.41) is 19.6. The number of benzene rings is 5. The number of rotatable bonds is 26. The van der Waals surface area contributed by atoms with Gasteiger partial charge in [-0.1, -0.05) is 86.7 Å². The van der Waals surface area contributed by atoms with Crippen molar-refractivity contribution in [3.63, 3.8) is 0 Å². The van der Waals surface area contributed by atoms with Crippen molar-refractivity contribution in [2.45, 2.75) is 77.0 Å². The summed E-state index contributed by atoms with van der Waals surface area (Å²) in [4.78, 5) is 28.5. The average Bonchev–Trinajstić information content (AvgIpc) is 3.78. The van der Waals surface area contributed by atoms with Crippen LogP contribution in [0.25, 0.3) is 21.5 Å². The highest BCUT2D eigenvalue weighted by Crippen LogP contribution is 2.51. The fourth-order valence-corrected chi connectivity index (χ4v) is 11.8. The van der Waals surface area contributed by atoms with E-state index in [1.807, 2.05) is 12.1 Å². The van der Waals surface area contributed by atoms with Gasteiger partial charge in [-0.2, -0.15) is 21.4 Å². The molecule has 2 aliphatic rings. The largest absolute Gasteiger partial charge is 0.748 e. The number of carboxylic acids is 1. The van der Waals surface area contributed by atoms with Crippen molar-refractivity contribution < 1.29 is 58.2 Å². The minimum atomic E-state index is -4.76. The molecule has 0 bridgehead atoms. The highest BCUT2D eigenvalue weighted by Gasteiger charge is 2.45. The lowest BCUT2D eigenvalue weighted by atomic mass is 9.79. The Hall–Kier alpha value is -6.42. The van der Waals surface area contributed by atoms with E-state index in [9.17, 15) is 53.6 Å². The smallest absolute Gasteiger partial charge is 0.303 e. The van der Waals surface area contributed by atoms with Crippen molar-refractivity contribution in [2.24, 2.45) is 0 Å². The first kappa shape index (κ1) is 57.3. The highest BCUT2D eigenvalue weighted by molar-refractivity contribution is 7.86. The SMILES string of the molecule is CC1(C)C(/C=C/C=C/C=C2/N(CCCCNC(=O)c3cc(NCCS(=O)(=O)O)cc(N(CCS(=O)(=O)[O-])CCS(=O)(=O)O)c3)c3ccc4ccccc4c3C2(C)C)=[N+](CCCCCC(=O)O)c2ccc3ccccc3c21. The van der Waals surface area contributed by atoms with Gasteiger partial charge in [0.25, 0.3) is 26.1 Å². The zero-order valence-corrected chi connectivity index (χ0v) is 45.7.